The van der Waals surface area contributed by atoms with E-state index >= 15 is 0 Å². The van der Waals surface area contributed by atoms with Crippen molar-refractivity contribution in [1.82, 2.24) is 15.5 Å². The number of guanidine groups is 1. The Bertz CT molecular complexity index is 955. The predicted molar refractivity (Wildman–Crippen MR) is 129 cm³/mol. The Balaban J connectivity index is 1.37. The Morgan fingerprint density at radius 2 is 1.97 bits per heavy atom. The summed E-state index contributed by atoms with van der Waals surface area (Å²) < 4.78 is 5.73. The highest BCUT2D eigenvalue weighted by Crippen LogP contribution is 2.30. The van der Waals surface area contributed by atoms with Crippen LogP contribution in [0.4, 0.5) is 0 Å². The number of nitrogens with one attached hydrogen (secondary N) is 2. The van der Waals surface area contributed by atoms with Crippen molar-refractivity contribution in [3.63, 3.8) is 0 Å². The van der Waals surface area contributed by atoms with Crippen molar-refractivity contribution in [3.05, 3.63) is 53.6 Å². The minimum Gasteiger partial charge on any atom is -0.493 e. The second kappa shape index (κ2) is 10.5. The number of carbonyl (C=O) groups is 1. The Hall–Kier alpha value is -3.02. The van der Waals surface area contributed by atoms with Gasteiger partial charge in [-0.05, 0) is 60.6 Å². The van der Waals surface area contributed by atoms with Gasteiger partial charge in [-0.25, -0.2) is 4.99 Å². The first-order valence-electron chi connectivity index (χ1n) is 11.8. The zero-order chi connectivity index (χ0) is 22.3. The highest BCUT2D eigenvalue weighted by molar-refractivity contribution is 5.80. The quantitative estimate of drug-likeness (QED) is 0.537. The molecule has 1 atom stereocenters. The Morgan fingerprint density at radius 3 is 2.75 bits per heavy atom. The van der Waals surface area contributed by atoms with E-state index in [0.29, 0.717) is 13.0 Å². The minimum atomic E-state index is 0.225. The van der Waals surface area contributed by atoms with Crippen molar-refractivity contribution in [3.8, 4) is 16.9 Å². The van der Waals surface area contributed by atoms with Gasteiger partial charge in [0.2, 0.25) is 5.91 Å². The fraction of sp³-hybridized carbons (Fsp3) is 0.462. The molecule has 2 aromatic carbocycles. The molecule has 1 amide bonds. The van der Waals surface area contributed by atoms with Crippen molar-refractivity contribution in [2.45, 2.75) is 52.1 Å². The minimum absolute atomic E-state index is 0.225. The summed E-state index contributed by atoms with van der Waals surface area (Å²) in [4.78, 5) is 18.6. The third-order valence-corrected chi connectivity index (χ3v) is 6.14. The van der Waals surface area contributed by atoms with E-state index < -0.39 is 0 Å². The molecule has 2 aliphatic rings. The lowest BCUT2D eigenvalue weighted by Gasteiger charge is -2.18. The molecule has 170 valence electrons. The van der Waals surface area contributed by atoms with Crippen LogP contribution in [-0.4, -0.2) is 49.0 Å². The maximum Gasteiger partial charge on any atom is 0.222 e. The van der Waals surface area contributed by atoms with Crippen molar-refractivity contribution in [1.29, 1.82) is 0 Å². The summed E-state index contributed by atoms with van der Waals surface area (Å²) in [7, 11) is 0. The van der Waals surface area contributed by atoms with Gasteiger partial charge in [0, 0.05) is 32.1 Å². The molecule has 0 saturated carbocycles. The van der Waals surface area contributed by atoms with Gasteiger partial charge in [0.1, 0.15) is 5.75 Å². The van der Waals surface area contributed by atoms with Gasteiger partial charge in [0.05, 0.1) is 13.2 Å². The fourth-order valence-corrected chi connectivity index (χ4v) is 4.35. The van der Waals surface area contributed by atoms with Crippen LogP contribution in [0.5, 0.6) is 5.75 Å². The number of nitrogens with zero attached hydrogens (tertiary/aromatic N) is 2. The van der Waals surface area contributed by atoms with Gasteiger partial charge >= 0.3 is 0 Å². The molecule has 2 aromatic rings. The molecule has 0 aromatic heterocycles. The summed E-state index contributed by atoms with van der Waals surface area (Å²) in [6.07, 6.45) is 3.69. The number of fused-ring (bicyclic) bond motifs is 1. The number of amides is 1. The van der Waals surface area contributed by atoms with Crippen LogP contribution >= 0.6 is 0 Å². The maximum absolute atomic E-state index is 11.9. The molecule has 0 aliphatic carbocycles. The normalized spacial score (nSPS) is 18.1. The lowest BCUT2D eigenvalue weighted by molar-refractivity contribution is -0.129. The second-order valence-corrected chi connectivity index (χ2v) is 8.49. The first-order valence-corrected chi connectivity index (χ1v) is 11.8. The Kier molecular flexibility index (Phi) is 7.30. The highest BCUT2D eigenvalue weighted by atomic mass is 16.5. The summed E-state index contributed by atoms with van der Waals surface area (Å²) in [6.45, 7) is 7.78. The van der Waals surface area contributed by atoms with Crippen LogP contribution in [0, 0.1) is 0 Å². The molecule has 6 nitrogen and oxygen atoms in total. The average molecular weight is 435 g/mol. The molecule has 32 heavy (non-hydrogen) atoms. The number of carbonyl (C=O) groups excluding carboxylic acids is 1. The van der Waals surface area contributed by atoms with E-state index in [-0.39, 0.29) is 11.9 Å². The molecule has 2 N–H and O–H groups in total. The van der Waals surface area contributed by atoms with Crippen LogP contribution in [0.25, 0.3) is 11.1 Å². The van der Waals surface area contributed by atoms with Gasteiger partial charge in [-0.1, -0.05) is 37.3 Å². The van der Waals surface area contributed by atoms with E-state index in [0.717, 1.165) is 57.2 Å². The second-order valence-electron chi connectivity index (χ2n) is 8.49. The first-order chi connectivity index (χ1) is 15.7. The molecule has 1 unspecified atom stereocenters. The fourth-order valence-electron chi connectivity index (χ4n) is 4.35. The Morgan fingerprint density at radius 1 is 1.16 bits per heavy atom. The third-order valence-electron chi connectivity index (χ3n) is 6.14. The number of hydrogen-bond acceptors (Lipinski definition) is 3. The SMILES string of the molecule is CCNC(=NCc1ccc(-c2ccc3c(c2)CCCO3)cc1)NC1CCN(C(=O)CC)C1. The average Bonchev–Trinajstić information content (AvgIpc) is 3.31. The van der Waals surface area contributed by atoms with E-state index in [1.807, 2.05) is 11.8 Å². The standard InChI is InChI=1S/C26H34N4O2/c1-3-25(31)30-14-13-23(18-30)29-26(27-4-2)28-17-19-7-9-20(10-8-19)21-11-12-24-22(16-21)6-5-15-32-24/h7-12,16,23H,3-6,13-15,17-18H2,1-2H3,(H2,27,28,29). The summed E-state index contributed by atoms with van der Waals surface area (Å²) in [6, 6.07) is 15.4. The van der Waals surface area contributed by atoms with Crippen LogP contribution in [0.3, 0.4) is 0 Å². The van der Waals surface area contributed by atoms with Crippen molar-refractivity contribution < 1.29 is 9.53 Å². The molecule has 2 aliphatic heterocycles. The summed E-state index contributed by atoms with van der Waals surface area (Å²) in [5.74, 6) is 2.06. The van der Waals surface area contributed by atoms with E-state index in [2.05, 4.69) is 60.0 Å². The first kappa shape index (κ1) is 22.2. The molecule has 0 radical (unpaired) electrons. The molecular weight excluding hydrogens is 400 g/mol. The van der Waals surface area contributed by atoms with E-state index in [1.54, 1.807) is 0 Å². The molecule has 4 rings (SSSR count). The third kappa shape index (κ3) is 5.42. The largest absolute Gasteiger partial charge is 0.493 e. The zero-order valence-electron chi connectivity index (χ0n) is 19.2. The van der Waals surface area contributed by atoms with Gasteiger partial charge < -0.3 is 20.3 Å². The summed E-state index contributed by atoms with van der Waals surface area (Å²) in [5, 5.41) is 6.82. The number of benzene rings is 2. The van der Waals surface area contributed by atoms with Crippen molar-refractivity contribution in [2.75, 3.05) is 26.2 Å². The smallest absolute Gasteiger partial charge is 0.222 e. The van der Waals surface area contributed by atoms with Crippen LogP contribution < -0.4 is 15.4 Å². The monoisotopic (exact) mass is 434 g/mol. The highest BCUT2D eigenvalue weighted by Gasteiger charge is 2.25. The van der Waals surface area contributed by atoms with Crippen molar-refractivity contribution >= 4 is 11.9 Å². The van der Waals surface area contributed by atoms with Crippen molar-refractivity contribution in [2.24, 2.45) is 4.99 Å². The van der Waals surface area contributed by atoms with Gasteiger partial charge in [-0.2, -0.15) is 0 Å². The van der Waals surface area contributed by atoms with Gasteiger partial charge in [-0.15, -0.1) is 0 Å². The summed E-state index contributed by atoms with van der Waals surface area (Å²) >= 11 is 0. The molecule has 1 saturated heterocycles. The molecule has 1 fully saturated rings. The van der Waals surface area contributed by atoms with Crippen LogP contribution in [-0.2, 0) is 17.8 Å². The van der Waals surface area contributed by atoms with E-state index in [4.69, 9.17) is 9.73 Å². The molecule has 0 bridgehead atoms. The Labute approximate surface area is 191 Å². The predicted octanol–water partition coefficient (Wildman–Crippen LogP) is 3.74. The van der Waals surface area contributed by atoms with E-state index in [1.165, 1.54) is 22.3 Å². The number of hydrogen-bond donors (Lipinski definition) is 2. The van der Waals surface area contributed by atoms with E-state index in [9.17, 15) is 4.79 Å². The maximum atomic E-state index is 11.9. The van der Waals surface area contributed by atoms with Gasteiger partial charge in [0.25, 0.3) is 0 Å². The van der Waals surface area contributed by atoms with Crippen LogP contribution in [0.2, 0.25) is 0 Å². The number of aliphatic imine (C=N–C) groups is 1. The van der Waals surface area contributed by atoms with Gasteiger partial charge in [-0.3, -0.25) is 4.79 Å². The number of likely N-dealkylation sites (tertiary alicyclic amines) is 1. The lowest BCUT2D eigenvalue weighted by atomic mass is 9.98. The topological polar surface area (TPSA) is 66.0 Å². The summed E-state index contributed by atoms with van der Waals surface area (Å²) in [5.41, 5.74) is 4.91. The number of rotatable bonds is 6. The van der Waals surface area contributed by atoms with Crippen LogP contribution in [0.1, 0.15) is 44.2 Å². The molecular formula is C26H34N4O2. The van der Waals surface area contributed by atoms with Crippen LogP contribution in [0.15, 0.2) is 47.5 Å². The van der Waals surface area contributed by atoms with Gasteiger partial charge in [0.15, 0.2) is 5.96 Å². The molecule has 0 spiro atoms. The molecule has 2 heterocycles. The number of aryl methyl sites for hydroxylation is 1. The zero-order valence-corrected chi connectivity index (χ0v) is 19.2. The lowest BCUT2D eigenvalue weighted by Crippen LogP contribution is -2.45. The number of ether oxygens (including phenoxy) is 1. The molecule has 6 heteroatoms.